The predicted molar refractivity (Wildman–Crippen MR) is 36.5 cm³/mol. The van der Waals surface area contributed by atoms with Crippen LogP contribution in [0.15, 0.2) is 0 Å². The van der Waals surface area contributed by atoms with Crippen molar-refractivity contribution in [2.45, 2.75) is 38.4 Å². The minimum atomic E-state index is -1.29. The second-order valence-corrected chi connectivity index (χ2v) is 2.53. The summed E-state index contributed by atoms with van der Waals surface area (Å²) in [6, 6.07) is 0. The third kappa shape index (κ3) is 5.82. The molecule has 66 valence electrons. The molecular weight excluding hydrogens is 148 g/mol. The Morgan fingerprint density at radius 2 is 2.00 bits per heavy atom. The second-order valence-electron chi connectivity index (χ2n) is 2.53. The zero-order chi connectivity index (χ0) is 8.85. The lowest BCUT2D eigenvalue weighted by Gasteiger charge is -2.13. The Hall–Kier alpha value is -0.610. The summed E-state index contributed by atoms with van der Waals surface area (Å²) in [5.74, 6) is -1.29. The number of rotatable bonds is 5. The molecule has 0 saturated carbocycles. The van der Waals surface area contributed by atoms with Crippen molar-refractivity contribution < 1.29 is 20.1 Å². The van der Waals surface area contributed by atoms with E-state index in [4.69, 9.17) is 10.2 Å². The topological polar surface area (TPSA) is 80.6 Å². The molecule has 0 bridgehead atoms. The fourth-order valence-corrected chi connectivity index (χ4v) is 0.756. The van der Waals surface area contributed by atoms with Crippen molar-refractivity contribution in [3.05, 3.63) is 0 Å². The van der Waals surface area contributed by atoms with Gasteiger partial charge in [0.25, 0.3) is 0 Å². The smallest absolute Gasteiger partial charge is 0.0616 e. The van der Waals surface area contributed by atoms with Crippen LogP contribution >= 0.6 is 0 Å². The van der Waals surface area contributed by atoms with Crippen molar-refractivity contribution in [3.63, 3.8) is 0 Å². The van der Waals surface area contributed by atoms with E-state index in [9.17, 15) is 9.90 Å². The molecule has 0 rings (SSSR count). The van der Waals surface area contributed by atoms with Gasteiger partial charge in [-0.2, -0.15) is 0 Å². The van der Waals surface area contributed by atoms with Crippen molar-refractivity contribution in [1.29, 1.82) is 0 Å². The van der Waals surface area contributed by atoms with Crippen LogP contribution in [0, 0.1) is 0 Å². The first-order chi connectivity index (χ1) is 5.06. The Bertz CT molecular complexity index is 124. The lowest BCUT2D eigenvalue weighted by Crippen LogP contribution is -2.29. The zero-order valence-electron chi connectivity index (χ0n) is 6.49. The van der Waals surface area contributed by atoms with Gasteiger partial charge < -0.3 is 20.1 Å². The van der Waals surface area contributed by atoms with Gasteiger partial charge in [0.15, 0.2) is 0 Å². The predicted octanol–water partition coefficient (Wildman–Crippen LogP) is -1.35. The molecular formula is C7H13O4-. The summed E-state index contributed by atoms with van der Waals surface area (Å²) >= 11 is 0. The summed E-state index contributed by atoms with van der Waals surface area (Å²) in [7, 11) is 0. The SMILES string of the molecule is CC[C@@H](O)C[C@@H](O)CC(=O)[O-]. The number of hydrogen-bond acceptors (Lipinski definition) is 4. The molecule has 0 aliphatic carbocycles. The van der Waals surface area contributed by atoms with Gasteiger partial charge in [-0.05, 0) is 12.8 Å². The highest BCUT2D eigenvalue weighted by Crippen LogP contribution is 2.04. The molecule has 0 radical (unpaired) electrons. The fourth-order valence-electron chi connectivity index (χ4n) is 0.756. The fraction of sp³-hybridized carbons (Fsp3) is 0.857. The van der Waals surface area contributed by atoms with Crippen LogP contribution in [0.2, 0.25) is 0 Å². The van der Waals surface area contributed by atoms with Gasteiger partial charge in [-0.3, -0.25) is 0 Å². The molecule has 0 fully saturated rings. The summed E-state index contributed by atoms with van der Waals surface area (Å²) in [5.41, 5.74) is 0. The quantitative estimate of drug-likeness (QED) is 0.522. The molecule has 11 heavy (non-hydrogen) atoms. The van der Waals surface area contributed by atoms with E-state index in [2.05, 4.69) is 0 Å². The van der Waals surface area contributed by atoms with Crippen molar-refractivity contribution in [2.75, 3.05) is 0 Å². The van der Waals surface area contributed by atoms with Crippen LogP contribution in [0.4, 0.5) is 0 Å². The highest BCUT2D eigenvalue weighted by atomic mass is 16.4. The Balaban J connectivity index is 3.51. The summed E-state index contributed by atoms with van der Waals surface area (Å²) < 4.78 is 0. The molecule has 0 saturated heterocycles. The minimum Gasteiger partial charge on any atom is -0.550 e. The molecule has 0 aromatic rings. The van der Waals surface area contributed by atoms with E-state index in [1.54, 1.807) is 6.92 Å². The van der Waals surface area contributed by atoms with Gasteiger partial charge in [0.05, 0.1) is 12.2 Å². The summed E-state index contributed by atoms with van der Waals surface area (Å²) in [6.07, 6.45) is -1.40. The van der Waals surface area contributed by atoms with E-state index in [-0.39, 0.29) is 6.42 Å². The Morgan fingerprint density at radius 1 is 1.45 bits per heavy atom. The molecule has 0 aliphatic heterocycles. The minimum absolute atomic E-state index is 0.102. The van der Waals surface area contributed by atoms with E-state index in [0.29, 0.717) is 6.42 Å². The zero-order valence-corrected chi connectivity index (χ0v) is 6.49. The van der Waals surface area contributed by atoms with Crippen molar-refractivity contribution >= 4 is 5.97 Å². The van der Waals surface area contributed by atoms with Crippen molar-refractivity contribution in [2.24, 2.45) is 0 Å². The number of hydrogen-bond donors (Lipinski definition) is 2. The van der Waals surface area contributed by atoms with Gasteiger partial charge >= 0.3 is 0 Å². The molecule has 0 aromatic carbocycles. The Kier molecular flexibility index (Phi) is 4.81. The molecule has 2 atom stereocenters. The van der Waals surface area contributed by atoms with Gasteiger partial charge in [-0.1, -0.05) is 6.92 Å². The third-order valence-corrected chi connectivity index (χ3v) is 1.42. The van der Waals surface area contributed by atoms with Crippen LogP contribution in [0.1, 0.15) is 26.2 Å². The van der Waals surface area contributed by atoms with Crippen LogP contribution in [-0.2, 0) is 4.79 Å². The molecule has 0 unspecified atom stereocenters. The maximum Gasteiger partial charge on any atom is 0.0616 e. The van der Waals surface area contributed by atoms with Crippen LogP contribution in [-0.4, -0.2) is 28.4 Å². The molecule has 0 amide bonds. The molecule has 0 spiro atoms. The normalized spacial score (nSPS) is 15.9. The first-order valence-corrected chi connectivity index (χ1v) is 3.62. The third-order valence-electron chi connectivity index (χ3n) is 1.42. The van der Waals surface area contributed by atoms with E-state index in [0.717, 1.165) is 0 Å². The number of carbonyl (C=O) groups is 1. The van der Waals surface area contributed by atoms with E-state index in [1.165, 1.54) is 0 Å². The average Bonchev–Trinajstić information content (AvgIpc) is 1.85. The van der Waals surface area contributed by atoms with E-state index >= 15 is 0 Å². The summed E-state index contributed by atoms with van der Waals surface area (Å²) in [5, 5.41) is 27.8. The number of aliphatic hydroxyl groups is 2. The number of carbonyl (C=O) groups excluding carboxylic acids is 1. The number of aliphatic carboxylic acids is 1. The second kappa shape index (κ2) is 5.09. The summed E-state index contributed by atoms with van der Waals surface area (Å²) in [6.45, 7) is 1.76. The number of carboxylic acid groups (broad SMARTS) is 1. The maximum absolute atomic E-state index is 9.93. The van der Waals surface area contributed by atoms with Gasteiger partial charge in [0.2, 0.25) is 0 Å². The van der Waals surface area contributed by atoms with E-state index < -0.39 is 24.6 Å². The number of carboxylic acids is 1. The highest BCUT2D eigenvalue weighted by Gasteiger charge is 2.09. The van der Waals surface area contributed by atoms with Gasteiger partial charge in [0.1, 0.15) is 0 Å². The lowest BCUT2D eigenvalue weighted by atomic mass is 10.1. The van der Waals surface area contributed by atoms with Gasteiger partial charge in [0, 0.05) is 12.4 Å². The monoisotopic (exact) mass is 161 g/mol. The molecule has 2 N–H and O–H groups in total. The molecule has 0 aromatic heterocycles. The largest absolute Gasteiger partial charge is 0.550 e. The highest BCUT2D eigenvalue weighted by molar-refractivity contribution is 5.64. The van der Waals surface area contributed by atoms with Gasteiger partial charge in [-0.25, -0.2) is 0 Å². The maximum atomic E-state index is 9.93. The van der Waals surface area contributed by atoms with Crippen LogP contribution < -0.4 is 5.11 Å². The molecule has 4 nitrogen and oxygen atoms in total. The standard InChI is InChI=1S/C7H14O4/c1-2-5(8)3-6(9)4-7(10)11/h5-6,8-9H,2-4H2,1H3,(H,10,11)/p-1/t5-,6-/m1/s1. The number of aliphatic hydroxyl groups excluding tert-OH is 2. The first kappa shape index (κ1) is 10.4. The van der Waals surface area contributed by atoms with Crippen molar-refractivity contribution in [1.82, 2.24) is 0 Å². The average molecular weight is 161 g/mol. The van der Waals surface area contributed by atoms with Crippen LogP contribution in [0.5, 0.6) is 0 Å². The Morgan fingerprint density at radius 3 is 2.36 bits per heavy atom. The summed E-state index contributed by atoms with van der Waals surface area (Å²) in [4.78, 5) is 9.93. The van der Waals surface area contributed by atoms with Crippen LogP contribution in [0.3, 0.4) is 0 Å². The molecule has 0 aliphatic rings. The van der Waals surface area contributed by atoms with Crippen LogP contribution in [0.25, 0.3) is 0 Å². The van der Waals surface area contributed by atoms with Gasteiger partial charge in [-0.15, -0.1) is 0 Å². The Labute approximate surface area is 65.5 Å². The molecule has 4 heteroatoms. The van der Waals surface area contributed by atoms with E-state index in [1.807, 2.05) is 0 Å². The lowest BCUT2D eigenvalue weighted by molar-refractivity contribution is -0.307. The molecule has 0 heterocycles. The first-order valence-electron chi connectivity index (χ1n) is 3.62. The van der Waals surface area contributed by atoms with Crippen molar-refractivity contribution in [3.8, 4) is 0 Å².